The number of aromatic nitrogens is 1. The number of ether oxygens (including phenoxy) is 1. The number of hydrogen-bond donors (Lipinski definition) is 1. The van der Waals surface area contributed by atoms with Gasteiger partial charge in [-0.2, -0.15) is 0 Å². The number of allylic oxidation sites excluding steroid dienone is 1. The molecule has 0 bridgehead atoms. The van der Waals surface area contributed by atoms with E-state index in [1.165, 1.54) is 10.8 Å². The van der Waals surface area contributed by atoms with E-state index in [1.54, 1.807) is 7.11 Å². The van der Waals surface area contributed by atoms with Crippen molar-refractivity contribution in [2.45, 2.75) is 83.8 Å². The minimum absolute atomic E-state index is 0.106. The molecule has 0 saturated carbocycles. The maximum absolute atomic E-state index is 10.8. The highest BCUT2D eigenvalue weighted by Gasteiger charge is 2.40. The molecular formula is C31H47NO3Si2. The number of rotatable bonds is 10. The SMILES string of the molecule is C=C(CC(C)(C)[Si](C)(C)O)c1ccc2c3ccc(C(=C)O[Si](C)(C)C(C)(C)C)cc3n(CCOC)c2c1. The Bertz CT molecular complexity index is 1220. The van der Waals surface area contributed by atoms with E-state index in [0.29, 0.717) is 6.61 Å². The predicted octanol–water partition coefficient (Wildman–Crippen LogP) is 8.81. The molecule has 0 aliphatic carbocycles. The molecule has 202 valence electrons. The van der Waals surface area contributed by atoms with E-state index in [0.717, 1.165) is 46.5 Å². The summed E-state index contributed by atoms with van der Waals surface area (Å²) in [6, 6.07) is 13.1. The van der Waals surface area contributed by atoms with Crippen molar-refractivity contribution in [2.75, 3.05) is 13.7 Å². The molecule has 0 aliphatic heterocycles. The summed E-state index contributed by atoms with van der Waals surface area (Å²) in [5.74, 6) is 0.740. The van der Waals surface area contributed by atoms with Crippen molar-refractivity contribution in [1.82, 2.24) is 4.57 Å². The third-order valence-corrected chi connectivity index (χ3v) is 16.5. The molecule has 0 spiro atoms. The maximum atomic E-state index is 10.8. The Hall–Kier alpha value is -2.13. The van der Waals surface area contributed by atoms with Crippen molar-refractivity contribution in [3.63, 3.8) is 0 Å². The van der Waals surface area contributed by atoms with Gasteiger partial charge in [0.1, 0.15) is 5.76 Å². The third-order valence-electron chi connectivity index (χ3n) is 8.61. The van der Waals surface area contributed by atoms with Gasteiger partial charge in [0.05, 0.1) is 6.61 Å². The zero-order chi connectivity index (χ0) is 28.0. The molecule has 1 heterocycles. The van der Waals surface area contributed by atoms with Crippen LogP contribution in [0.4, 0.5) is 0 Å². The minimum Gasteiger partial charge on any atom is -0.543 e. The first kappa shape index (κ1) is 29.4. The average molecular weight is 538 g/mol. The van der Waals surface area contributed by atoms with Crippen molar-refractivity contribution in [2.24, 2.45) is 0 Å². The van der Waals surface area contributed by atoms with Crippen LogP contribution in [0.2, 0.25) is 36.3 Å². The lowest BCUT2D eigenvalue weighted by Crippen LogP contribution is -2.40. The molecule has 1 N–H and O–H groups in total. The highest BCUT2D eigenvalue weighted by atomic mass is 28.4. The van der Waals surface area contributed by atoms with Gasteiger partial charge in [-0.05, 0) is 66.0 Å². The monoisotopic (exact) mass is 537 g/mol. The average Bonchev–Trinajstić information content (AvgIpc) is 3.07. The van der Waals surface area contributed by atoms with Gasteiger partial charge in [0.25, 0.3) is 0 Å². The Balaban J connectivity index is 2.09. The summed E-state index contributed by atoms with van der Waals surface area (Å²) >= 11 is 0. The first-order chi connectivity index (χ1) is 16.9. The summed E-state index contributed by atoms with van der Waals surface area (Å²) in [6.45, 7) is 29.7. The Morgan fingerprint density at radius 3 is 1.89 bits per heavy atom. The molecule has 1 aromatic heterocycles. The maximum Gasteiger partial charge on any atom is 0.250 e. The second kappa shape index (κ2) is 10.2. The number of methoxy groups -OCH3 is 1. The molecule has 2 aromatic carbocycles. The van der Waals surface area contributed by atoms with Gasteiger partial charge < -0.3 is 18.5 Å². The van der Waals surface area contributed by atoms with E-state index in [1.807, 2.05) is 13.1 Å². The Kier molecular flexibility index (Phi) is 8.12. The van der Waals surface area contributed by atoms with Crippen LogP contribution in [-0.2, 0) is 15.7 Å². The highest BCUT2D eigenvalue weighted by molar-refractivity contribution is 6.74. The van der Waals surface area contributed by atoms with Gasteiger partial charge in [-0.3, -0.25) is 0 Å². The first-order valence-corrected chi connectivity index (χ1v) is 19.1. The van der Waals surface area contributed by atoms with Gasteiger partial charge in [0.15, 0.2) is 8.32 Å². The van der Waals surface area contributed by atoms with Crippen LogP contribution in [0, 0.1) is 0 Å². The van der Waals surface area contributed by atoms with E-state index >= 15 is 0 Å². The molecule has 0 saturated heterocycles. The topological polar surface area (TPSA) is 43.6 Å². The van der Waals surface area contributed by atoms with Crippen LogP contribution in [0.25, 0.3) is 33.1 Å². The quantitative estimate of drug-likeness (QED) is 0.207. The summed E-state index contributed by atoms with van der Waals surface area (Å²) in [4.78, 5) is 10.8. The first-order valence-electron chi connectivity index (χ1n) is 13.2. The smallest absolute Gasteiger partial charge is 0.250 e. The molecule has 0 unspecified atom stereocenters. The summed E-state index contributed by atoms with van der Waals surface area (Å²) < 4.78 is 14.4. The lowest BCUT2D eigenvalue weighted by Gasteiger charge is -2.37. The van der Waals surface area contributed by atoms with Gasteiger partial charge in [-0.25, -0.2) is 0 Å². The van der Waals surface area contributed by atoms with Crippen molar-refractivity contribution in [3.8, 4) is 0 Å². The zero-order valence-corrected chi connectivity index (χ0v) is 26.7. The normalized spacial score (nSPS) is 13.4. The van der Waals surface area contributed by atoms with Gasteiger partial charge in [0, 0.05) is 41.0 Å². The molecule has 4 nitrogen and oxygen atoms in total. The van der Waals surface area contributed by atoms with Crippen LogP contribution in [0.1, 0.15) is 52.2 Å². The molecule has 0 atom stereocenters. The fraction of sp³-hybridized carbons (Fsp3) is 0.484. The highest BCUT2D eigenvalue weighted by Crippen LogP contribution is 2.44. The number of hydrogen-bond acceptors (Lipinski definition) is 3. The van der Waals surface area contributed by atoms with Crippen LogP contribution in [0.15, 0.2) is 49.6 Å². The fourth-order valence-corrected chi connectivity index (χ4v) is 5.97. The van der Waals surface area contributed by atoms with Crippen molar-refractivity contribution >= 4 is 49.8 Å². The largest absolute Gasteiger partial charge is 0.543 e. The lowest BCUT2D eigenvalue weighted by atomic mass is 9.96. The van der Waals surface area contributed by atoms with E-state index < -0.39 is 16.6 Å². The third kappa shape index (κ3) is 5.98. The summed E-state index contributed by atoms with van der Waals surface area (Å²) in [5.41, 5.74) is 5.50. The minimum atomic E-state index is -2.34. The second-order valence-electron chi connectivity index (χ2n) is 13.1. The van der Waals surface area contributed by atoms with E-state index in [9.17, 15) is 4.80 Å². The van der Waals surface area contributed by atoms with Crippen molar-refractivity contribution in [3.05, 3.63) is 60.7 Å². The van der Waals surface area contributed by atoms with Gasteiger partial charge in [0.2, 0.25) is 8.32 Å². The molecule has 3 aromatic rings. The molecule has 37 heavy (non-hydrogen) atoms. The fourth-order valence-electron chi connectivity index (χ4n) is 4.28. The number of benzene rings is 2. The van der Waals surface area contributed by atoms with Crippen molar-refractivity contribution < 1.29 is 14.0 Å². The van der Waals surface area contributed by atoms with Gasteiger partial charge in [-0.15, -0.1) is 0 Å². The van der Waals surface area contributed by atoms with Crippen molar-refractivity contribution in [1.29, 1.82) is 0 Å². The zero-order valence-electron chi connectivity index (χ0n) is 24.7. The van der Waals surface area contributed by atoms with Crippen LogP contribution < -0.4 is 0 Å². The lowest BCUT2D eigenvalue weighted by molar-refractivity contribution is 0.189. The molecule has 0 aliphatic rings. The van der Waals surface area contributed by atoms with E-state index in [2.05, 4.69) is 102 Å². The predicted molar refractivity (Wildman–Crippen MR) is 166 cm³/mol. The standard InChI is InChI=1S/C31H47NO3Si2/c1-22(21-31(6,7)36(9,10)33)24-13-15-26-27-16-14-25(23(2)35-37(11,12)30(3,4)5)20-29(27)32(17-18-34-8)28(26)19-24/h13-16,19-20,33H,1-2,17-18,21H2,3-12H3. The molecule has 0 radical (unpaired) electrons. The Labute approximate surface area is 226 Å². The van der Waals surface area contributed by atoms with Gasteiger partial charge >= 0.3 is 0 Å². The molecule has 3 rings (SSSR count). The van der Waals surface area contributed by atoms with Crippen LogP contribution in [0.5, 0.6) is 0 Å². The van der Waals surface area contributed by atoms with Crippen LogP contribution in [0.3, 0.4) is 0 Å². The van der Waals surface area contributed by atoms with E-state index in [-0.39, 0.29) is 10.1 Å². The van der Waals surface area contributed by atoms with Crippen LogP contribution >= 0.6 is 0 Å². The molecule has 0 fully saturated rings. The summed E-state index contributed by atoms with van der Waals surface area (Å²) in [6.07, 6.45) is 0.765. The molecule has 6 heteroatoms. The summed E-state index contributed by atoms with van der Waals surface area (Å²) in [7, 11) is -2.58. The summed E-state index contributed by atoms with van der Waals surface area (Å²) in [5, 5.41) is 2.35. The van der Waals surface area contributed by atoms with Crippen LogP contribution in [-0.4, -0.2) is 39.7 Å². The Morgan fingerprint density at radius 1 is 0.892 bits per heavy atom. The van der Waals surface area contributed by atoms with Gasteiger partial charge in [-0.1, -0.05) is 72.0 Å². The number of fused-ring (bicyclic) bond motifs is 3. The second-order valence-corrected chi connectivity index (χ2v) is 22.3. The number of nitrogens with zero attached hydrogens (tertiary/aromatic N) is 1. The van der Waals surface area contributed by atoms with E-state index in [4.69, 9.17) is 9.16 Å². The Morgan fingerprint density at radius 2 is 1.41 bits per heavy atom. The molecular weight excluding hydrogens is 491 g/mol. The molecule has 0 amide bonds.